The molecule has 0 unspecified atom stereocenters. The number of likely N-dealkylation sites (tertiary alicyclic amines) is 2. The number of aromatic nitrogens is 6. The van der Waals surface area contributed by atoms with Crippen molar-refractivity contribution < 1.29 is 46.9 Å². The molecule has 4 fully saturated rings. The summed E-state index contributed by atoms with van der Waals surface area (Å²) in [7, 11) is 2.13. The van der Waals surface area contributed by atoms with E-state index in [0.717, 1.165) is 78.0 Å². The number of carbonyl (C=O) groups excluding carboxylic acids is 4. The number of pyridine rings is 2. The van der Waals surface area contributed by atoms with Gasteiger partial charge in [0.2, 0.25) is 5.91 Å². The number of carbonyl (C=O) groups is 4. The maximum absolute atomic E-state index is 17.2. The smallest absolute Gasteiger partial charge is 0.410 e. The van der Waals surface area contributed by atoms with Gasteiger partial charge in [-0.3, -0.25) is 14.8 Å². The molecule has 0 spiro atoms. The summed E-state index contributed by atoms with van der Waals surface area (Å²) < 4.78 is 55.7. The Balaban J connectivity index is 0.000000205. The predicted octanol–water partition coefficient (Wildman–Crippen LogP) is 13.8. The van der Waals surface area contributed by atoms with E-state index >= 15 is 8.78 Å². The molecule has 12 rings (SSSR count). The molecule has 544 valence electrons. The largest absolute Gasteiger partial charge is 0.462 e. The molecule has 20 nitrogen and oxygen atoms in total. The zero-order valence-electron chi connectivity index (χ0n) is 61.6. The van der Waals surface area contributed by atoms with Gasteiger partial charge in [0.1, 0.15) is 60.9 Å². The average Bonchev–Trinajstić information content (AvgIpc) is 0.773. The zero-order chi connectivity index (χ0) is 74.7. The zero-order valence-corrected chi connectivity index (χ0v) is 62.6. The Morgan fingerprint density at radius 2 is 1.02 bits per heavy atom. The maximum atomic E-state index is 17.2. The maximum Gasteiger partial charge on any atom is 0.410 e. The van der Waals surface area contributed by atoms with Crippen LogP contribution in [0.25, 0.3) is 65.9 Å². The molecule has 0 radical (unpaired) electrons. The van der Waals surface area contributed by atoms with Crippen molar-refractivity contribution in [3.8, 4) is 58.3 Å². The first-order valence-corrected chi connectivity index (χ1v) is 37.8. The van der Waals surface area contributed by atoms with Crippen molar-refractivity contribution in [1.82, 2.24) is 49.5 Å². The summed E-state index contributed by atoms with van der Waals surface area (Å²) >= 11 is 0. The van der Waals surface area contributed by atoms with Crippen LogP contribution < -0.4 is 19.3 Å². The van der Waals surface area contributed by atoms with Gasteiger partial charge >= 0.3 is 30.1 Å². The second kappa shape index (κ2) is 33.5. The minimum Gasteiger partial charge on any atom is -0.462 e. The van der Waals surface area contributed by atoms with Gasteiger partial charge in [0.05, 0.1) is 10.8 Å². The van der Waals surface area contributed by atoms with Crippen LogP contribution >= 0.6 is 0 Å². The Kier molecular flexibility index (Phi) is 24.6. The number of rotatable bonds is 16. The van der Waals surface area contributed by atoms with Crippen LogP contribution in [-0.4, -0.2) is 192 Å². The van der Waals surface area contributed by atoms with Crippen LogP contribution in [0.5, 0.6) is 12.0 Å². The minimum atomic E-state index is -2.03. The van der Waals surface area contributed by atoms with Crippen molar-refractivity contribution in [2.45, 2.75) is 122 Å². The monoisotopic (exact) mass is 1430 g/mol. The van der Waals surface area contributed by atoms with Crippen LogP contribution in [-0.2, 0) is 23.9 Å². The van der Waals surface area contributed by atoms with Gasteiger partial charge in [-0.15, -0.1) is 12.0 Å². The van der Waals surface area contributed by atoms with E-state index in [1.165, 1.54) is 6.08 Å². The van der Waals surface area contributed by atoms with Crippen LogP contribution in [0, 0.1) is 35.4 Å². The molecule has 4 aliphatic rings. The molecular formula is C81H94F2N12O8Si. The lowest BCUT2D eigenvalue weighted by Gasteiger charge is -2.38. The lowest BCUT2D eigenvalue weighted by atomic mass is 9.97. The van der Waals surface area contributed by atoms with Crippen LogP contribution in [0.4, 0.5) is 25.2 Å². The fourth-order valence-electron chi connectivity index (χ4n) is 14.5. The molecule has 0 N–H and O–H groups in total. The highest BCUT2D eigenvalue weighted by molar-refractivity contribution is 6.90. The molecule has 8 heterocycles. The summed E-state index contributed by atoms with van der Waals surface area (Å²) in [5, 5.41) is 4.50. The van der Waals surface area contributed by atoms with Gasteiger partial charge in [0, 0.05) is 122 Å². The van der Waals surface area contributed by atoms with Gasteiger partial charge in [-0.05, 0) is 119 Å². The number of hydrogen-bond donors (Lipinski definition) is 0. The summed E-state index contributed by atoms with van der Waals surface area (Å²) in [6, 6.07) is 24.1. The van der Waals surface area contributed by atoms with Gasteiger partial charge < -0.3 is 48.3 Å². The highest BCUT2D eigenvalue weighted by Crippen LogP contribution is 2.43. The molecule has 4 aromatic carbocycles. The fourth-order valence-corrected chi connectivity index (χ4v) is 19.8. The quantitative estimate of drug-likeness (QED) is 0.0290. The van der Waals surface area contributed by atoms with Crippen molar-refractivity contribution in [3.63, 3.8) is 0 Å². The van der Waals surface area contributed by atoms with Gasteiger partial charge in [-0.25, -0.2) is 23.2 Å². The Morgan fingerprint density at radius 1 is 0.596 bits per heavy atom. The predicted molar refractivity (Wildman–Crippen MR) is 409 cm³/mol. The third-order valence-electron chi connectivity index (χ3n) is 20.0. The van der Waals surface area contributed by atoms with Gasteiger partial charge in [-0.1, -0.05) is 134 Å². The molecule has 0 aliphatic carbocycles. The fraction of sp³-hybridized carbons (Fsp3) is 0.407. The topological polar surface area (TPSA) is 202 Å². The van der Waals surface area contributed by atoms with Gasteiger partial charge in [0.25, 0.3) is 0 Å². The van der Waals surface area contributed by atoms with Gasteiger partial charge in [0.15, 0.2) is 11.6 Å². The summed E-state index contributed by atoms with van der Waals surface area (Å²) in [4.78, 5) is 85.6. The average molecular weight is 1430 g/mol. The summed E-state index contributed by atoms with van der Waals surface area (Å²) in [5.41, 5.74) is 8.21. The molecule has 0 saturated carbocycles. The number of anilines is 2. The highest BCUT2D eigenvalue weighted by atomic mass is 28.3. The summed E-state index contributed by atoms with van der Waals surface area (Å²) in [6.45, 7) is 35.9. The first-order chi connectivity index (χ1) is 49.8. The minimum absolute atomic E-state index is 0.110. The molecule has 0 bridgehead atoms. The lowest BCUT2D eigenvalue weighted by molar-refractivity contribution is -0.152. The van der Waals surface area contributed by atoms with Crippen molar-refractivity contribution >= 4 is 87.0 Å². The Labute approximate surface area is 609 Å². The molecule has 2 amide bonds. The first kappa shape index (κ1) is 76.4. The lowest BCUT2D eigenvalue weighted by Crippen LogP contribution is -2.50. The number of likely N-dealkylation sites (N-methyl/N-ethyl adjacent to an activating group) is 2. The number of piperazine rings is 2. The van der Waals surface area contributed by atoms with E-state index < -0.39 is 37.2 Å². The second-order valence-electron chi connectivity index (χ2n) is 28.5. The van der Waals surface area contributed by atoms with Crippen LogP contribution in [0.1, 0.15) is 99.1 Å². The molecule has 4 aliphatic heterocycles. The van der Waals surface area contributed by atoms with Crippen molar-refractivity contribution in [2.75, 3.05) is 103 Å². The number of nitrogens with zero attached hydrogens (tertiary/aromatic N) is 12. The number of amides is 2. The van der Waals surface area contributed by atoms with E-state index in [1.54, 1.807) is 22.2 Å². The van der Waals surface area contributed by atoms with E-state index in [2.05, 4.69) is 122 Å². The summed E-state index contributed by atoms with van der Waals surface area (Å²) in [5.74, 6) is 4.71. The van der Waals surface area contributed by atoms with E-state index in [1.807, 2.05) is 98.5 Å². The van der Waals surface area contributed by atoms with Crippen molar-refractivity contribution in [2.24, 2.45) is 0 Å². The molecule has 8 aromatic rings. The van der Waals surface area contributed by atoms with Crippen LogP contribution in [0.2, 0.25) is 16.6 Å². The van der Waals surface area contributed by atoms with Crippen LogP contribution in [0.15, 0.2) is 123 Å². The van der Waals surface area contributed by atoms with Crippen LogP contribution in [0.3, 0.4) is 0 Å². The third-order valence-corrected chi connectivity index (χ3v) is 26.3. The number of esters is 2. The van der Waals surface area contributed by atoms with Gasteiger partial charge in [-0.2, -0.15) is 19.9 Å². The van der Waals surface area contributed by atoms with E-state index in [9.17, 15) is 19.2 Å². The molecule has 104 heavy (non-hydrogen) atoms. The van der Waals surface area contributed by atoms with E-state index in [-0.39, 0.29) is 58.5 Å². The Morgan fingerprint density at radius 3 is 1.41 bits per heavy atom. The third kappa shape index (κ3) is 17.0. The number of benzene rings is 4. The number of halogens is 2. The molecular weight excluding hydrogens is 1340 g/mol. The Hall–Kier alpha value is -10.2. The molecule has 4 aromatic heterocycles. The molecule has 2 atom stereocenters. The standard InChI is InChI=1S/C43H57FN6O3Si.C32H31FN6O2.C6H6O3/c1-28(2)54(29(3)4,30(5)6)25-19-32-15-11-14-31-16-12-18-34(36(31)32)38-37(44)39-35(26-45-38)40(47-41(46-39)52-27-33-17-13-20-48(33)10)49-21-23-50(24-22-49)42(51)53-43(7,8)9;1-4-21-9-6-10-22-11-7-13-24(27(21)22)29-28(33)30-25(19-34-29)31(39-17-15-38(16-18-39)26(40)5-2)36-32(35-30)41-20-23-12-8-14-37(23)3;1-3-5(7)9-6(8)4-2/h11-12,14-16,18,26,28-30,33H,13,17,20-24,27H2,1-10H3;1,5-7,9-11,13,19,23H,2,8,12,14-18,20H2,3H3;3-4H,1-2H2/t33-;23-;/m00./s1. The number of ether oxygens (including phenoxy) is 4. The normalized spacial score (nSPS) is 16.5. The van der Waals surface area contributed by atoms with E-state index in [4.69, 9.17) is 40.6 Å². The van der Waals surface area contributed by atoms with Crippen molar-refractivity contribution in [3.05, 3.63) is 146 Å². The summed E-state index contributed by atoms with van der Waals surface area (Å²) in [6.07, 6.45) is 16.1. The number of fused-ring (bicyclic) bond motifs is 4. The highest BCUT2D eigenvalue weighted by Gasteiger charge is 2.42. The second-order valence-corrected chi connectivity index (χ2v) is 34.1. The SMILES string of the molecule is C#Cc1cccc2cccc(-c3ncc4c(N5CCN(C(=O)C=C)CC5)nc(OC[C@@H]5CCCN5C)nc4c3F)c12.C=CC(=O)OC(=O)C=C.CC(C)[Si](C#Cc1cccc2cccc(-c3ncc4c(N5CCN(C(=O)OC(C)(C)C)CC5)nc(OC[C@@H]5CCCN5C)nc4c3F)c12)(C(C)C)C(C)C. The number of hydrogen-bond acceptors (Lipinski definition) is 18. The molecule has 23 heteroatoms. The molecule has 4 saturated heterocycles. The van der Waals surface area contributed by atoms with E-state index in [0.29, 0.717) is 121 Å². The van der Waals surface area contributed by atoms with Crippen molar-refractivity contribution in [1.29, 1.82) is 0 Å². The number of terminal acetylenes is 1. The Bertz CT molecular complexity index is 4610. The first-order valence-electron chi connectivity index (χ1n) is 35.6.